The summed E-state index contributed by atoms with van der Waals surface area (Å²) in [5.41, 5.74) is 0.925. The molecular formula is C14H17BrF3NO. The molecule has 1 aromatic carbocycles. The van der Waals surface area contributed by atoms with Crippen molar-refractivity contribution in [2.45, 2.75) is 45.1 Å². The molecule has 0 bridgehead atoms. The second kappa shape index (κ2) is 6.35. The van der Waals surface area contributed by atoms with Gasteiger partial charge in [-0.05, 0) is 52.9 Å². The molecule has 1 N–H and O–H groups in total. The fourth-order valence-corrected chi connectivity index (χ4v) is 2.60. The second-order valence-corrected chi connectivity index (χ2v) is 6.13. The highest BCUT2D eigenvalue weighted by Crippen LogP contribution is 2.34. The Morgan fingerprint density at radius 3 is 2.65 bits per heavy atom. The summed E-state index contributed by atoms with van der Waals surface area (Å²) in [7, 11) is 0. The first-order chi connectivity index (χ1) is 9.33. The summed E-state index contributed by atoms with van der Waals surface area (Å²) in [5.74, 6) is 0.638. The second-order valence-electron chi connectivity index (χ2n) is 5.27. The summed E-state index contributed by atoms with van der Waals surface area (Å²) in [6.45, 7) is 2.77. The average molecular weight is 352 g/mol. The number of benzene rings is 1. The van der Waals surface area contributed by atoms with Gasteiger partial charge in [0, 0.05) is 12.6 Å². The molecule has 0 saturated heterocycles. The van der Waals surface area contributed by atoms with Crippen molar-refractivity contribution >= 4 is 15.9 Å². The number of ether oxygens (including phenoxy) is 1. The minimum absolute atomic E-state index is 0.215. The number of nitrogens with one attached hydrogen (secondary N) is 1. The van der Waals surface area contributed by atoms with Gasteiger partial charge in [-0.1, -0.05) is 18.9 Å². The monoisotopic (exact) mass is 351 g/mol. The van der Waals surface area contributed by atoms with E-state index in [0.717, 1.165) is 17.9 Å². The number of rotatable bonds is 6. The van der Waals surface area contributed by atoms with Gasteiger partial charge in [0.2, 0.25) is 0 Å². The first-order valence-corrected chi connectivity index (χ1v) is 7.40. The van der Waals surface area contributed by atoms with Crippen LogP contribution in [0.3, 0.4) is 0 Å². The van der Waals surface area contributed by atoms with Crippen LogP contribution in [0.2, 0.25) is 0 Å². The third-order valence-electron chi connectivity index (χ3n) is 3.26. The third-order valence-corrected chi connectivity index (χ3v) is 3.88. The van der Waals surface area contributed by atoms with E-state index in [0.29, 0.717) is 17.1 Å². The molecule has 20 heavy (non-hydrogen) atoms. The van der Waals surface area contributed by atoms with Crippen molar-refractivity contribution in [3.05, 3.63) is 28.2 Å². The molecule has 1 fully saturated rings. The lowest BCUT2D eigenvalue weighted by Crippen LogP contribution is -2.25. The van der Waals surface area contributed by atoms with Gasteiger partial charge < -0.3 is 10.1 Å². The fraction of sp³-hybridized carbons (Fsp3) is 0.571. The predicted octanol–water partition coefficient (Wildman–Crippen LogP) is 4.63. The molecule has 0 aliphatic heterocycles. The fourth-order valence-electron chi connectivity index (χ4n) is 2.09. The van der Waals surface area contributed by atoms with Crippen LogP contribution in [-0.2, 0) is 6.54 Å². The molecule has 1 unspecified atom stereocenters. The van der Waals surface area contributed by atoms with Gasteiger partial charge >= 0.3 is 6.36 Å². The Bertz CT molecular complexity index is 460. The summed E-state index contributed by atoms with van der Waals surface area (Å²) in [4.78, 5) is 0. The molecule has 0 spiro atoms. The average Bonchev–Trinajstić information content (AvgIpc) is 3.12. The van der Waals surface area contributed by atoms with Crippen LogP contribution >= 0.6 is 15.9 Å². The SMILES string of the molecule is CC(CC1CC1)NCc1ccc(OC(F)(F)F)c(Br)c1. The van der Waals surface area contributed by atoms with Crippen LogP contribution in [0.15, 0.2) is 22.7 Å². The topological polar surface area (TPSA) is 21.3 Å². The zero-order valence-corrected chi connectivity index (χ0v) is 12.7. The first-order valence-electron chi connectivity index (χ1n) is 6.61. The third kappa shape index (κ3) is 5.32. The van der Waals surface area contributed by atoms with E-state index < -0.39 is 6.36 Å². The molecule has 0 radical (unpaired) electrons. The molecule has 1 aromatic rings. The first kappa shape index (κ1) is 15.6. The lowest BCUT2D eigenvalue weighted by Gasteiger charge is -2.15. The molecule has 0 aromatic heterocycles. The van der Waals surface area contributed by atoms with E-state index in [1.54, 1.807) is 12.1 Å². The molecule has 2 rings (SSSR count). The molecule has 0 heterocycles. The van der Waals surface area contributed by atoms with E-state index >= 15 is 0 Å². The van der Waals surface area contributed by atoms with Crippen molar-refractivity contribution in [1.82, 2.24) is 5.32 Å². The predicted molar refractivity (Wildman–Crippen MR) is 74.5 cm³/mol. The van der Waals surface area contributed by atoms with Gasteiger partial charge in [-0.3, -0.25) is 0 Å². The molecule has 2 nitrogen and oxygen atoms in total. The van der Waals surface area contributed by atoms with Gasteiger partial charge in [0.1, 0.15) is 5.75 Å². The van der Waals surface area contributed by atoms with Crippen LogP contribution in [-0.4, -0.2) is 12.4 Å². The quantitative estimate of drug-likeness (QED) is 0.806. The van der Waals surface area contributed by atoms with E-state index in [2.05, 4.69) is 32.9 Å². The Kier molecular flexibility index (Phi) is 4.96. The highest BCUT2D eigenvalue weighted by molar-refractivity contribution is 9.10. The largest absolute Gasteiger partial charge is 0.573 e. The summed E-state index contributed by atoms with van der Waals surface area (Å²) in [6, 6.07) is 5.05. The van der Waals surface area contributed by atoms with Gasteiger partial charge in [-0.15, -0.1) is 13.2 Å². The summed E-state index contributed by atoms with van der Waals surface area (Å²) in [5, 5.41) is 3.38. The van der Waals surface area contributed by atoms with Gasteiger partial charge in [0.25, 0.3) is 0 Å². The Morgan fingerprint density at radius 1 is 1.40 bits per heavy atom. The number of halogens is 4. The lowest BCUT2D eigenvalue weighted by atomic mass is 10.1. The van der Waals surface area contributed by atoms with Crippen molar-refractivity contribution < 1.29 is 17.9 Å². The van der Waals surface area contributed by atoms with Crippen molar-refractivity contribution in [3.63, 3.8) is 0 Å². The van der Waals surface area contributed by atoms with Crippen LogP contribution < -0.4 is 10.1 Å². The van der Waals surface area contributed by atoms with Gasteiger partial charge in [-0.25, -0.2) is 0 Å². The van der Waals surface area contributed by atoms with E-state index in [4.69, 9.17) is 0 Å². The normalized spacial score (nSPS) is 17.1. The Hall–Kier alpha value is -0.750. The van der Waals surface area contributed by atoms with Crippen LogP contribution in [0.1, 0.15) is 31.7 Å². The van der Waals surface area contributed by atoms with Crippen molar-refractivity contribution in [2.75, 3.05) is 0 Å². The minimum atomic E-state index is -4.67. The summed E-state index contributed by atoms with van der Waals surface area (Å²) in [6.07, 6.45) is -0.862. The molecule has 1 aliphatic rings. The number of hydrogen-bond donors (Lipinski definition) is 1. The maximum Gasteiger partial charge on any atom is 0.573 e. The smallest absolute Gasteiger partial charge is 0.405 e. The Morgan fingerprint density at radius 2 is 2.10 bits per heavy atom. The number of alkyl halides is 3. The van der Waals surface area contributed by atoms with E-state index in [-0.39, 0.29) is 5.75 Å². The van der Waals surface area contributed by atoms with Gasteiger partial charge in [0.05, 0.1) is 4.47 Å². The van der Waals surface area contributed by atoms with Crippen LogP contribution in [0.25, 0.3) is 0 Å². The lowest BCUT2D eigenvalue weighted by molar-refractivity contribution is -0.274. The van der Waals surface area contributed by atoms with Crippen LogP contribution in [0.4, 0.5) is 13.2 Å². The number of hydrogen-bond acceptors (Lipinski definition) is 2. The molecule has 1 saturated carbocycles. The molecule has 1 aliphatic carbocycles. The van der Waals surface area contributed by atoms with Gasteiger partial charge in [-0.2, -0.15) is 0 Å². The van der Waals surface area contributed by atoms with E-state index in [1.165, 1.54) is 18.9 Å². The summed E-state index contributed by atoms with van der Waals surface area (Å²) >= 11 is 3.10. The standard InChI is InChI=1S/C14H17BrF3NO/c1-9(6-10-2-3-10)19-8-11-4-5-13(12(15)7-11)20-14(16,17)18/h4-5,7,9-10,19H,2-3,6,8H2,1H3. The zero-order chi connectivity index (χ0) is 14.8. The molecule has 0 amide bonds. The van der Waals surface area contributed by atoms with Crippen LogP contribution in [0.5, 0.6) is 5.75 Å². The van der Waals surface area contributed by atoms with Crippen molar-refractivity contribution in [2.24, 2.45) is 5.92 Å². The Balaban J connectivity index is 1.87. The van der Waals surface area contributed by atoms with E-state index in [9.17, 15) is 13.2 Å². The van der Waals surface area contributed by atoms with Crippen LogP contribution in [0, 0.1) is 5.92 Å². The maximum atomic E-state index is 12.1. The van der Waals surface area contributed by atoms with Crippen molar-refractivity contribution in [1.29, 1.82) is 0 Å². The summed E-state index contributed by atoms with van der Waals surface area (Å²) < 4.78 is 40.7. The molecule has 1 atom stereocenters. The molecule has 112 valence electrons. The minimum Gasteiger partial charge on any atom is -0.405 e. The van der Waals surface area contributed by atoms with E-state index in [1.807, 2.05) is 0 Å². The highest BCUT2D eigenvalue weighted by Gasteiger charge is 2.31. The molecule has 6 heteroatoms. The molecular weight excluding hydrogens is 335 g/mol. The highest BCUT2D eigenvalue weighted by atomic mass is 79.9. The maximum absolute atomic E-state index is 12.1. The Labute approximate surface area is 124 Å². The zero-order valence-electron chi connectivity index (χ0n) is 11.1. The van der Waals surface area contributed by atoms with Crippen molar-refractivity contribution in [3.8, 4) is 5.75 Å². The van der Waals surface area contributed by atoms with Gasteiger partial charge in [0.15, 0.2) is 0 Å².